The van der Waals surface area contributed by atoms with Crippen LogP contribution in [0.4, 0.5) is 10.7 Å². The fourth-order valence-corrected chi connectivity index (χ4v) is 6.50. The molecule has 4 aliphatic rings. The number of pyridine rings is 2. The molecule has 1 amide bonds. The molecule has 3 aliphatic heterocycles. The molecule has 12 heteroatoms. The second kappa shape index (κ2) is 10.2. The van der Waals surface area contributed by atoms with Crippen molar-refractivity contribution in [1.29, 1.82) is 0 Å². The Bertz CT molecular complexity index is 1390. The molecule has 7 rings (SSSR count). The van der Waals surface area contributed by atoms with E-state index in [1.165, 1.54) is 25.7 Å². The van der Waals surface area contributed by atoms with Crippen molar-refractivity contribution >= 4 is 34.7 Å². The molecule has 3 aromatic heterocycles. The Hall–Kier alpha value is -2.99. The van der Waals surface area contributed by atoms with E-state index in [0.717, 1.165) is 47.2 Å². The molecule has 11 nitrogen and oxygen atoms in total. The van der Waals surface area contributed by atoms with Crippen molar-refractivity contribution in [2.75, 3.05) is 31.3 Å². The van der Waals surface area contributed by atoms with Gasteiger partial charge in [0.15, 0.2) is 6.17 Å². The van der Waals surface area contributed by atoms with Gasteiger partial charge < -0.3 is 23.8 Å². The quantitative estimate of drug-likeness (QED) is 0.486. The summed E-state index contributed by atoms with van der Waals surface area (Å²) in [5, 5.41) is 3.28. The number of aromatic nitrogens is 4. The van der Waals surface area contributed by atoms with Gasteiger partial charge in [0.2, 0.25) is 5.95 Å². The Labute approximate surface area is 231 Å². The number of hydrogen-bond acceptors (Lipinski definition) is 9. The van der Waals surface area contributed by atoms with Gasteiger partial charge in [-0.25, -0.2) is 14.8 Å². The number of hydrogen-bond donors (Lipinski definition) is 2. The largest absolute Gasteiger partial charge is 0.427 e. The highest BCUT2D eigenvalue weighted by molar-refractivity contribution is 6.30. The van der Waals surface area contributed by atoms with E-state index in [-0.39, 0.29) is 12.1 Å². The lowest BCUT2D eigenvalue weighted by atomic mass is 9.83. The third kappa shape index (κ3) is 4.71. The number of carbonyl (C=O) groups excluding carboxylic acids is 1. The van der Waals surface area contributed by atoms with Crippen LogP contribution < -0.4 is 15.7 Å². The minimum atomic E-state index is -0.600. The van der Waals surface area contributed by atoms with Gasteiger partial charge in [0.1, 0.15) is 6.10 Å². The number of ether oxygens (including phenoxy) is 2. The average molecular weight is 554 g/mol. The smallest absolute Gasteiger partial charge is 0.376 e. The lowest BCUT2D eigenvalue weighted by molar-refractivity contribution is 0.0217. The summed E-state index contributed by atoms with van der Waals surface area (Å²) in [5.41, 5.74) is 6.54. The van der Waals surface area contributed by atoms with Crippen LogP contribution in [0.2, 0.25) is 5.02 Å². The topological polar surface area (TPSA) is 116 Å². The fourth-order valence-electron chi connectivity index (χ4n) is 6.33. The number of nitrogens with one attached hydrogen (secondary N) is 2. The van der Waals surface area contributed by atoms with Crippen LogP contribution in [-0.4, -0.2) is 64.1 Å². The van der Waals surface area contributed by atoms with Gasteiger partial charge in [0.05, 0.1) is 53.3 Å². The van der Waals surface area contributed by atoms with Crippen molar-refractivity contribution < 1.29 is 19.1 Å². The molecule has 0 aromatic carbocycles. The zero-order valence-electron chi connectivity index (χ0n) is 21.8. The highest BCUT2D eigenvalue weighted by Crippen LogP contribution is 2.38. The van der Waals surface area contributed by atoms with E-state index in [9.17, 15) is 4.79 Å². The number of carbonyl (C=O) groups is 1. The summed E-state index contributed by atoms with van der Waals surface area (Å²) in [7, 11) is 0. The van der Waals surface area contributed by atoms with Gasteiger partial charge in [0.25, 0.3) is 0 Å². The van der Waals surface area contributed by atoms with E-state index in [0.29, 0.717) is 36.5 Å². The monoisotopic (exact) mass is 553 g/mol. The Morgan fingerprint density at radius 1 is 1.13 bits per heavy atom. The highest BCUT2D eigenvalue weighted by Gasteiger charge is 2.40. The minimum absolute atomic E-state index is 0.0304. The van der Waals surface area contributed by atoms with E-state index < -0.39 is 12.3 Å². The summed E-state index contributed by atoms with van der Waals surface area (Å²) >= 11 is 6.39. The first-order chi connectivity index (χ1) is 19.0. The summed E-state index contributed by atoms with van der Waals surface area (Å²) in [6, 6.07) is 3.90. The van der Waals surface area contributed by atoms with E-state index in [1.807, 2.05) is 12.1 Å². The molecule has 3 unspecified atom stereocenters. The number of anilines is 1. The van der Waals surface area contributed by atoms with E-state index >= 15 is 0 Å². The maximum atomic E-state index is 11.8. The summed E-state index contributed by atoms with van der Waals surface area (Å²) in [4.78, 5) is 33.7. The summed E-state index contributed by atoms with van der Waals surface area (Å²) in [6.07, 6.45) is 7.11. The number of amides is 1. The third-order valence-electron chi connectivity index (χ3n) is 8.43. The highest BCUT2D eigenvalue weighted by atomic mass is 35.5. The number of hydroxylamine groups is 1. The van der Waals surface area contributed by atoms with Crippen LogP contribution in [0.1, 0.15) is 44.5 Å². The van der Waals surface area contributed by atoms with Crippen molar-refractivity contribution in [3.63, 3.8) is 0 Å². The molecular formula is C27H32ClN7O4. The number of nitrogens with zero attached hydrogens (tertiary/aromatic N) is 5. The molecule has 3 saturated heterocycles. The van der Waals surface area contributed by atoms with Gasteiger partial charge in [-0.3, -0.25) is 10.3 Å². The van der Waals surface area contributed by atoms with Crippen molar-refractivity contribution in [2.45, 2.75) is 57.5 Å². The van der Waals surface area contributed by atoms with Crippen molar-refractivity contribution in [3.05, 3.63) is 35.2 Å². The molecule has 1 aliphatic carbocycles. The predicted octanol–water partition coefficient (Wildman–Crippen LogP) is 3.82. The Morgan fingerprint density at radius 2 is 2.00 bits per heavy atom. The molecular weight excluding hydrogens is 522 g/mol. The van der Waals surface area contributed by atoms with Gasteiger partial charge in [0, 0.05) is 31.0 Å². The molecule has 0 bridgehead atoms. The Balaban J connectivity index is 1.41. The molecule has 4 fully saturated rings. The Morgan fingerprint density at radius 3 is 2.79 bits per heavy atom. The molecule has 3 aromatic rings. The average Bonchev–Trinajstić information content (AvgIpc) is 3.68. The molecule has 0 radical (unpaired) electrons. The number of imidazole rings is 1. The second-order valence-corrected chi connectivity index (χ2v) is 11.5. The first-order valence-electron chi connectivity index (χ1n) is 13.7. The molecule has 3 atom stereocenters. The Kier molecular flexibility index (Phi) is 6.54. The van der Waals surface area contributed by atoms with Crippen molar-refractivity contribution in [1.82, 2.24) is 30.3 Å². The van der Waals surface area contributed by atoms with Crippen LogP contribution in [0.3, 0.4) is 0 Å². The third-order valence-corrected chi connectivity index (χ3v) is 8.63. The van der Waals surface area contributed by atoms with Gasteiger partial charge in [-0.2, -0.15) is 0 Å². The van der Waals surface area contributed by atoms with Gasteiger partial charge >= 0.3 is 6.09 Å². The normalized spacial score (nSPS) is 28.9. The number of morpholine rings is 1. The standard InChI is InChI=1S/C27H32ClN7O4/c1-15-2-4-16(5-3-15)12-35-24-19(31-26(35)34-6-7-38-22-14-37-13-21(22)34)9-20(25-32-27(36)39-33-25)30-23(24)17-8-18(28)11-29-10-17/h8-11,15-16,21-22,25,33H,2-7,12-14H2,1H3,(H,32,36). The first-order valence-corrected chi connectivity index (χ1v) is 14.1. The van der Waals surface area contributed by atoms with Crippen LogP contribution in [0, 0.1) is 11.8 Å². The van der Waals surface area contributed by atoms with Crippen LogP contribution in [0.15, 0.2) is 24.5 Å². The fraction of sp³-hybridized carbons (Fsp3) is 0.556. The molecule has 6 heterocycles. The molecule has 2 N–H and O–H groups in total. The molecule has 206 valence electrons. The van der Waals surface area contributed by atoms with E-state index in [4.69, 9.17) is 35.9 Å². The first kappa shape index (κ1) is 25.0. The van der Waals surface area contributed by atoms with Crippen molar-refractivity contribution in [3.8, 4) is 11.3 Å². The SMILES string of the molecule is CC1CCC(Cn2c(N3CCOC4COCC43)nc3cc(C4NOC(=O)N4)nc(-c4cncc(Cl)c4)c32)CC1. The van der Waals surface area contributed by atoms with Crippen LogP contribution in [0.5, 0.6) is 0 Å². The lowest BCUT2D eigenvalue weighted by Gasteiger charge is -2.37. The van der Waals surface area contributed by atoms with Crippen LogP contribution in [0.25, 0.3) is 22.3 Å². The lowest BCUT2D eigenvalue weighted by Crippen LogP contribution is -2.51. The number of rotatable bonds is 5. The molecule has 1 saturated carbocycles. The van der Waals surface area contributed by atoms with Gasteiger partial charge in [-0.15, -0.1) is 5.48 Å². The van der Waals surface area contributed by atoms with Gasteiger partial charge in [-0.05, 0) is 36.8 Å². The molecule has 0 spiro atoms. The van der Waals surface area contributed by atoms with E-state index in [2.05, 4.69) is 32.2 Å². The second-order valence-electron chi connectivity index (χ2n) is 11.1. The maximum absolute atomic E-state index is 11.8. The van der Waals surface area contributed by atoms with E-state index in [1.54, 1.807) is 12.4 Å². The summed E-state index contributed by atoms with van der Waals surface area (Å²) in [6.45, 7) is 5.75. The van der Waals surface area contributed by atoms with Gasteiger partial charge in [-0.1, -0.05) is 31.4 Å². The van der Waals surface area contributed by atoms with Crippen molar-refractivity contribution in [2.24, 2.45) is 11.8 Å². The zero-order valence-corrected chi connectivity index (χ0v) is 22.6. The number of fused-ring (bicyclic) bond motifs is 2. The summed E-state index contributed by atoms with van der Waals surface area (Å²) in [5.74, 6) is 2.22. The summed E-state index contributed by atoms with van der Waals surface area (Å²) < 4.78 is 14.2. The predicted molar refractivity (Wildman–Crippen MR) is 144 cm³/mol. The van der Waals surface area contributed by atoms with Crippen LogP contribution in [-0.2, 0) is 20.9 Å². The minimum Gasteiger partial charge on any atom is -0.376 e. The maximum Gasteiger partial charge on any atom is 0.427 e. The van der Waals surface area contributed by atoms with Crippen LogP contribution >= 0.6 is 11.6 Å². The molecule has 39 heavy (non-hydrogen) atoms. The number of halogens is 1. The zero-order chi connectivity index (χ0) is 26.5.